The van der Waals surface area contributed by atoms with Gasteiger partial charge in [0.15, 0.2) is 5.16 Å². The number of H-pyrrole nitrogens is 1. The number of hydrogen-bond acceptors (Lipinski definition) is 3. The third-order valence-electron chi connectivity index (χ3n) is 4.24. The molecule has 1 heterocycles. The van der Waals surface area contributed by atoms with Crippen molar-refractivity contribution in [3.05, 3.63) is 77.1 Å². The molecule has 1 atom stereocenters. The Labute approximate surface area is 158 Å². The molecule has 0 bridgehead atoms. The number of thioether (sulfide) groups is 1. The van der Waals surface area contributed by atoms with Gasteiger partial charge in [-0.25, -0.2) is 4.98 Å². The van der Waals surface area contributed by atoms with Crippen LogP contribution in [0.4, 0.5) is 5.69 Å². The molecule has 3 rings (SSSR count). The summed E-state index contributed by atoms with van der Waals surface area (Å²) in [7, 11) is 0. The van der Waals surface area contributed by atoms with Crippen molar-refractivity contribution in [1.29, 1.82) is 0 Å². The van der Waals surface area contributed by atoms with Crippen LogP contribution in [0.5, 0.6) is 0 Å². The van der Waals surface area contributed by atoms with Gasteiger partial charge in [0.25, 0.3) is 0 Å². The Morgan fingerprint density at radius 2 is 1.81 bits per heavy atom. The number of rotatable bonds is 6. The topological polar surface area (TPSA) is 57.8 Å². The highest BCUT2D eigenvalue weighted by Crippen LogP contribution is 2.24. The summed E-state index contributed by atoms with van der Waals surface area (Å²) in [5.74, 6) is -0.0250. The monoisotopic (exact) mass is 365 g/mol. The SMILES string of the molecule is Cc1ccccc1NC(=O)C(C)Sc1nc(Cc2ccccc2)c(C)[nH]1. The molecule has 0 spiro atoms. The van der Waals surface area contributed by atoms with Gasteiger partial charge in [-0.05, 0) is 38.0 Å². The molecule has 0 radical (unpaired) electrons. The van der Waals surface area contributed by atoms with Gasteiger partial charge in [-0.2, -0.15) is 0 Å². The van der Waals surface area contributed by atoms with Gasteiger partial charge < -0.3 is 10.3 Å². The average molecular weight is 366 g/mol. The number of imidazole rings is 1. The average Bonchev–Trinajstić information content (AvgIpc) is 2.96. The first-order chi connectivity index (χ1) is 12.5. The second-order valence-corrected chi connectivity index (χ2v) is 7.67. The molecule has 1 unspecified atom stereocenters. The number of carbonyl (C=O) groups excluding carboxylic acids is 1. The molecule has 26 heavy (non-hydrogen) atoms. The van der Waals surface area contributed by atoms with Crippen LogP contribution in [0.1, 0.15) is 29.4 Å². The lowest BCUT2D eigenvalue weighted by atomic mass is 10.1. The predicted molar refractivity (Wildman–Crippen MR) is 108 cm³/mol. The second kappa shape index (κ2) is 8.23. The zero-order chi connectivity index (χ0) is 18.5. The maximum atomic E-state index is 12.5. The lowest BCUT2D eigenvalue weighted by molar-refractivity contribution is -0.115. The minimum absolute atomic E-state index is 0.0250. The van der Waals surface area contributed by atoms with Crippen LogP contribution in [0.2, 0.25) is 0 Å². The summed E-state index contributed by atoms with van der Waals surface area (Å²) in [6, 6.07) is 18.1. The van der Waals surface area contributed by atoms with E-state index in [2.05, 4.69) is 27.4 Å². The number of para-hydroxylation sites is 1. The molecular formula is C21H23N3OS. The van der Waals surface area contributed by atoms with Crippen molar-refractivity contribution < 1.29 is 4.79 Å². The number of nitrogens with zero attached hydrogens (tertiary/aromatic N) is 1. The maximum Gasteiger partial charge on any atom is 0.237 e. The van der Waals surface area contributed by atoms with E-state index >= 15 is 0 Å². The van der Waals surface area contributed by atoms with Crippen LogP contribution in [0, 0.1) is 13.8 Å². The highest BCUT2D eigenvalue weighted by Gasteiger charge is 2.18. The molecule has 3 aromatic rings. The van der Waals surface area contributed by atoms with Gasteiger partial charge in [0.05, 0.1) is 10.9 Å². The Hall–Kier alpha value is -2.53. The van der Waals surface area contributed by atoms with E-state index < -0.39 is 0 Å². The summed E-state index contributed by atoms with van der Waals surface area (Å²) in [6.07, 6.45) is 0.785. The quantitative estimate of drug-likeness (QED) is 0.621. The highest BCUT2D eigenvalue weighted by atomic mass is 32.2. The molecule has 2 N–H and O–H groups in total. The van der Waals surface area contributed by atoms with Crippen LogP contribution in [0.25, 0.3) is 0 Å². The van der Waals surface area contributed by atoms with E-state index in [1.165, 1.54) is 17.3 Å². The van der Waals surface area contributed by atoms with Crippen LogP contribution < -0.4 is 5.32 Å². The zero-order valence-corrected chi connectivity index (χ0v) is 16.1. The van der Waals surface area contributed by atoms with E-state index in [0.29, 0.717) is 0 Å². The zero-order valence-electron chi connectivity index (χ0n) is 15.2. The molecular weight excluding hydrogens is 342 g/mol. The fraction of sp³-hybridized carbons (Fsp3) is 0.238. The van der Waals surface area contributed by atoms with E-state index in [4.69, 9.17) is 0 Å². The highest BCUT2D eigenvalue weighted by molar-refractivity contribution is 8.00. The number of amides is 1. The Morgan fingerprint density at radius 1 is 1.12 bits per heavy atom. The fourth-order valence-corrected chi connectivity index (χ4v) is 3.53. The van der Waals surface area contributed by atoms with Gasteiger partial charge in [-0.1, -0.05) is 60.3 Å². The molecule has 1 amide bonds. The summed E-state index contributed by atoms with van der Waals surface area (Å²) in [4.78, 5) is 20.5. The van der Waals surface area contributed by atoms with Crippen molar-refractivity contribution in [3.63, 3.8) is 0 Å². The molecule has 0 fully saturated rings. The third-order valence-corrected chi connectivity index (χ3v) is 5.22. The summed E-state index contributed by atoms with van der Waals surface area (Å²) in [6.45, 7) is 5.90. The fourth-order valence-electron chi connectivity index (χ4n) is 2.65. The second-order valence-electron chi connectivity index (χ2n) is 6.34. The number of nitrogens with one attached hydrogen (secondary N) is 2. The lowest BCUT2D eigenvalue weighted by Gasteiger charge is -2.12. The van der Waals surface area contributed by atoms with Crippen molar-refractivity contribution >= 4 is 23.4 Å². The number of hydrogen-bond donors (Lipinski definition) is 2. The molecule has 4 nitrogen and oxygen atoms in total. The Bertz CT molecular complexity index is 889. The van der Waals surface area contributed by atoms with Gasteiger partial charge in [0.1, 0.15) is 0 Å². The molecule has 0 saturated heterocycles. The van der Waals surface area contributed by atoms with Gasteiger partial charge in [-0.15, -0.1) is 0 Å². The minimum Gasteiger partial charge on any atom is -0.337 e. The van der Waals surface area contributed by atoms with Crippen LogP contribution in [0.3, 0.4) is 0 Å². The lowest BCUT2D eigenvalue weighted by Crippen LogP contribution is -2.22. The van der Waals surface area contributed by atoms with Crippen LogP contribution in [-0.2, 0) is 11.2 Å². The van der Waals surface area contributed by atoms with Gasteiger partial charge in [0, 0.05) is 17.8 Å². The number of aromatic nitrogens is 2. The molecule has 1 aromatic heterocycles. The summed E-state index contributed by atoms with van der Waals surface area (Å²) >= 11 is 1.44. The molecule has 0 aliphatic heterocycles. The maximum absolute atomic E-state index is 12.5. The van der Waals surface area contributed by atoms with Crippen LogP contribution in [-0.4, -0.2) is 21.1 Å². The van der Waals surface area contributed by atoms with Crippen molar-refractivity contribution in [1.82, 2.24) is 9.97 Å². The first-order valence-corrected chi connectivity index (χ1v) is 9.53. The van der Waals surface area contributed by atoms with Gasteiger partial charge >= 0.3 is 0 Å². The predicted octanol–water partition coefficient (Wildman–Crippen LogP) is 4.74. The first kappa shape index (κ1) is 18.3. The molecule has 0 aliphatic rings. The van der Waals surface area contributed by atoms with Crippen molar-refractivity contribution in [2.45, 2.75) is 37.6 Å². The standard InChI is InChI=1S/C21H23N3OS/c1-14-9-7-8-12-18(14)23-20(25)16(3)26-21-22-15(2)19(24-21)13-17-10-5-4-6-11-17/h4-12,16H,13H2,1-3H3,(H,22,24)(H,23,25). The normalized spacial score (nSPS) is 12.0. The third kappa shape index (κ3) is 4.55. The Balaban J connectivity index is 1.64. The van der Waals surface area contributed by atoms with Gasteiger partial charge in [-0.3, -0.25) is 4.79 Å². The molecule has 134 valence electrons. The number of carbonyl (C=O) groups is 1. The number of aryl methyl sites for hydroxylation is 2. The first-order valence-electron chi connectivity index (χ1n) is 8.65. The van der Waals surface area contributed by atoms with Crippen molar-refractivity contribution in [2.75, 3.05) is 5.32 Å². The van der Waals surface area contributed by atoms with Gasteiger partial charge in [0.2, 0.25) is 5.91 Å². The Kier molecular flexibility index (Phi) is 5.78. The molecule has 0 saturated carbocycles. The number of aromatic amines is 1. The number of benzene rings is 2. The molecule has 0 aliphatic carbocycles. The largest absolute Gasteiger partial charge is 0.337 e. The summed E-state index contributed by atoms with van der Waals surface area (Å²) < 4.78 is 0. The van der Waals surface area contributed by atoms with E-state index in [-0.39, 0.29) is 11.2 Å². The van der Waals surface area contributed by atoms with Crippen LogP contribution in [0.15, 0.2) is 59.8 Å². The summed E-state index contributed by atoms with van der Waals surface area (Å²) in [5.41, 5.74) is 5.19. The van der Waals surface area contributed by atoms with Crippen molar-refractivity contribution in [2.24, 2.45) is 0 Å². The van der Waals surface area contributed by atoms with E-state index in [9.17, 15) is 4.79 Å². The van der Waals surface area contributed by atoms with E-state index in [1.807, 2.05) is 63.2 Å². The number of anilines is 1. The minimum atomic E-state index is -0.246. The van der Waals surface area contributed by atoms with Crippen molar-refractivity contribution in [3.8, 4) is 0 Å². The van der Waals surface area contributed by atoms with E-state index in [1.54, 1.807) is 0 Å². The molecule has 5 heteroatoms. The summed E-state index contributed by atoms with van der Waals surface area (Å²) in [5, 5.41) is 3.52. The molecule has 2 aromatic carbocycles. The van der Waals surface area contributed by atoms with E-state index in [0.717, 1.165) is 34.2 Å². The Morgan fingerprint density at radius 3 is 2.54 bits per heavy atom. The smallest absolute Gasteiger partial charge is 0.237 e. The van der Waals surface area contributed by atoms with Crippen LogP contribution >= 0.6 is 11.8 Å².